The van der Waals surface area contributed by atoms with Crippen LogP contribution in [0.3, 0.4) is 0 Å². The van der Waals surface area contributed by atoms with Gasteiger partial charge in [-0.05, 0) is 30.9 Å². The monoisotopic (exact) mass is 339 g/mol. The van der Waals surface area contributed by atoms with Gasteiger partial charge in [0, 0.05) is 25.8 Å². The van der Waals surface area contributed by atoms with Crippen molar-refractivity contribution in [1.29, 1.82) is 0 Å². The summed E-state index contributed by atoms with van der Waals surface area (Å²) in [5.41, 5.74) is 8.76. The van der Waals surface area contributed by atoms with E-state index in [1.807, 2.05) is 34.0 Å². The lowest BCUT2D eigenvalue weighted by Gasteiger charge is -2.35. The molecule has 6 nitrogen and oxygen atoms in total. The van der Waals surface area contributed by atoms with E-state index < -0.39 is 0 Å². The van der Waals surface area contributed by atoms with Crippen LogP contribution in [0.15, 0.2) is 42.7 Å². The van der Waals surface area contributed by atoms with Gasteiger partial charge >= 0.3 is 0 Å². The molecule has 0 saturated carbocycles. The highest BCUT2D eigenvalue weighted by Crippen LogP contribution is 2.29. The summed E-state index contributed by atoms with van der Waals surface area (Å²) in [4.78, 5) is 15.2. The molecule has 2 aliphatic rings. The van der Waals surface area contributed by atoms with Crippen molar-refractivity contribution in [2.45, 2.75) is 31.8 Å². The van der Waals surface area contributed by atoms with E-state index >= 15 is 0 Å². The first-order chi connectivity index (χ1) is 12.2. The zero-order valence-electron chi connectivity index (χ0n) is 14.6. The molecule has 2 aromatic rings. The van der Waals surface area contributed by atoms with Crippen molar-refractivity contribution in [2.24, 2.45) is 5.92 Å². The van der Waals surface area contributed by atoms with Crippen molar-refractivity contribution in [3.63, 3.8) is 0 Å². The van der Waals surface area contributed by atoms with Crippen molar-refractivity contribution in [3.05, 3.63) is 53.9 Å². The van der Waals surface area contributed by atoms with Crippen LogP contribution in [0.4, 0.5) is 0 Å². The Morgan fingerprint density at radius 3 is 2.88 bits per heavy atom. The summed E-state index contributed by atoms with van der Waals surface area (Å²) >= 11 is 0. The van der Waals surface area contributed by atoms with Crippen LogP contribution in [0, 0.1) is 12.8 Å². The Labute approximate surface area is 148 Å². The summed E-state index contributed by atoms with van der Waals surface area (Å²) in [6, 6.07) is 10.5. The molecule has 3 unspecified atom stereocenters. The number of aryl methyl sites for hydroxylation is 1. The topological polar surface area (TPSA) is 62.2 Å². The zero-order chi connectivity index (χ0) is 17.2. The molecule has 0 aliphatic carbocycles. The highest BCUT2D eigenvalue weighted by Gasteiger charge is 2.38. The minimum atomic E-state index is -0.0690. The number of aromatic nitrogens is 2. The largest absolute Gasteiger partial charge is 0.340 e. The van der Waals surface area contributed by atoms with E-state index in [2.05, 4.69) is 41.2 Å². The van der Waals surface area contributed by atoms with Crippen LogP contribution >= 0.6 is 0 Å². The van der Waals surface area contributed by atoms with Crippen LogP contribution in [-0.2, 0) is 4.79 Å². The number of carbonyl (C=O) groups excluding carboxylic acids is 1. The predicted molar refractivity (Wildman–Crippen MR) is 95.6 cm³/mol. The van der Waals surface area contributed by atoms with E-state index in [0.717, 1.165) is 37.1 Å². The van der Waals surface area contributed by atoms with Gasteiger partial charge in [-0.2, -0.15) is 5.10 Å². The van der Waals surface area contributed by atoms with Crippen molar-refractivity contribution in [1.82, 2.24) is 25.5 Å². The summed E-state index contributed by atoms with van der Waals surface area (Å²) < 4.78 is 2.02. The molecule has 3 atom stereocenters. The molecule has 0 spiro atoms. The lowest BCUT2D eigenvalue weighted by molar-refractivity contribution is -0.137. The highest BCUT2D eigenvalue weighted by molar-refractivity contribution is 5.80. The number of rotatable bonds is 3. The third kappa shape index (κ3) is 3.32. The molecule has 1 aromatic heterocycles. The first-order valence-electron chi connectivity index (χ1n) is 9.05. The van der Waals surface area contributed by atoms with Gasteiger partial charge in [-0.1, -0.05) is 30.3 Å². The lowest BCUT2D eigenvalue weighted by atomic mass is 9.92. The van der Waals surface area contributed by atoms with E-state index in [4.69, 9.17) is 0 Å². The summed E-state index contributed by atoms with van der Waals surface area (Å²) in [7, 11) is 0. The molecule has 1 aromatic carbocycles. The maximum atomic E-state index is 13.2. The number of amides is 1. The number of hydrazine groups is 1. The van der Waals surface area contributed by atoms with Gasteiger partial charge < -0.3 is 4.90 Å². The van der Waals surface area contributed by atoms with Gasteiger partial charge in [-0.3, -0.25) is 14.9 Å². The van der Waals surface area contributed by atoms with Gasteiger partial charge in [0.1, 0.15) is 0 Å². The normalized spacial score (nSPS) is 26.8. The summed E-state index contributed by atoms with van der Waals surface area (Å²) in [5, 5.41) is 4.45. The van der Waals surface area contributed by atoms with Crippen LogP contribution < -0.4 is 10.9 Å². The van der Waals surface area contributed by atoms with Crippen LogP contribution in [0.2, 0.25) is 0 Å². The van der Waals surface area contributed by atoms with E-state index in [1.165, 1.54) is 0 Å². The van der Waals surface area contributed by atoms with Crippen molar-refractivity contribution in [2.75, 3.05) is 19.6 Å². The van der Waals surface area contributed by atoms with Gasteiger partial charge in [0.05, 0.1) is 24.2 Å². The molecule has 132 valence electrons. The second kappa shape index (κ2) is 6.98. The number of hydrogen-bond donors (Lipinski definition) is 2. The standard InChI is InChI=1S/C19H25N5O/c1-14-10-21-24(12-14)16-8-5-9-23(13-16)19(25)17-11-20-22-18(17)15-6-3-2-4-7-15/h2-4,6-7,10,12,16-18,20,22H,5,8-9,11,13H2,1H3. The van der Waals surface area contributed by atoms with Crippen LogP contribution in [0.25, 0.3) is 0 Å². The minimum absolute atomic E-state index is 0.0287. The molecule has 0 radical (unpaired) electrons. The Hall–Kier alpha value is -2.18. The molecule has 6 heteroatoms. The smallest absolute Gasteiger partial charge is 0.229 e. The van der Waals surface area contributed by atoms with Gasteiger partial charge in [-0.15, -0.1) is 0 Å². The zero-order valence-corrected chi connectivity index (χ0v) is 14.6. The summed E-state index contributed by atoms with van der Waals surface area (Å²) in [6.07, 6.45) is 6.06. The Balaban J connectivity index is 1.48. The molecule has 1 amide bonds. The third-order valence-corrected chi connectivity index (χ3v) is 5.27. The number of nitrogens with one attached hydrogen (secondary N) is 2. The Kier molecular flexibility index (Phi) is 4.55. The molecular weight excluding hydrogens is 314 g/mol. The molecule has 2 saturated heterocycles. The van der Waals surface area contributed by atoms with Crippen molar-refractivity contribution >= 4 is 5.91 Å². The van der Waals surface area contributed by atoms with Gasteiger partial charge in [0.2, 0.25) is 5.91 Å². The molecule has 25 heavy (non-hydrogen) atoms. The lowest BCUT2D eigenvalue weighted by Crippen LogP contribution is -2.45. The van der Waals surface area contributed by atoms with Crippen molar-refractivity contribution in [3.8, 4) is 0 Å². The second-order valence-corrected chi connectivity index (χ2v) is 7.10. The first-order valence-corrected chi connectivity index (χ1v) is 9.05. The molecular formula is C19H25N5O. The van der Waals surface area contributed by atoms with E-state index in [-0.39, 0.29) is 23.9 Å². The molecule has 2 N–H and O–H groups in total. The van der Waals surface area contributed by atoms with Gasteiger partial charge in [0.25, 0.3) is 0 Å². The maximum absolute atomic E-state index is 13.2. The Morgan fingerprint density at radius 1 is 1.28 bits per heavy atom. The average Bonchev–Trinajstić information content (AvgIpc) is 3.31. The number of benzene rings is 1. The predicted octanol–water partition coefficient (Wildman–Crippen LogP) is 1.82. The quantitative estimate of drug-likeness (QED) is 0.895. The van der Waals surface area contributed by atoms with Crippen molar-refractivity contribution < 1.29 is 4.79 Å². The van der Waals surface area contributed by atoms with Crippen LogP contribution in [-0.4, -0.2) is 40.2 Å². The second-order valence-electron chi connectivity index (χ2n) is 7.10. The van der Waals surface area contributed by atoms with Crippen LogP contribution in [0.1, 0.15) is 36.1 Å². The Morgan fingerprint density at radius 2 is 2.12 bits per heavy atom. The SMILES string of the molecule is Cc1cnn(C2CCCN(C(=O)C3CNNC3c3ccccc3)C2)c1. The van der Waals surface area contributed by atoms with Crippen LogP contribution in [0.5, 0.6) is 0 Å². The maximum Gasteiger partial charge on any atom is 0.229 e. The Bertz CT molecular complexity index is 728. The first kappa shape index (κ1) is 16.3. The number of nitrogens with zero attached hydrogens (tertiary/aromatic N) is 3. The average molecular weight is 339 g/mol. The highest BCUT2D eigenvalue weighted by atomic mass is 16.2. The third-order valence-electron chi connectivity index (χ3n) is 5.27. The fourth-order valence-electron chi connectivity index (χ4n) is 3.94. The van der Waals surface area contributed by atoms with Gasteiger partial charge in [0.15, 0.2) is 0 Å². The minimum Gasteiger partial charge on any atom is -0.340 e. The fraction of sp³-hybridized carbons (Fsp3) is 0.474. The molecule has 0 bridgehead atoms. The summed E-state index contributed by atoms with van der Waals surface area (Å²) in [6.45, 7) is 4.31. The molecule has 3 heterocycles. The molecule has 2 aliphatic heterocycles. The van der Waals surface area contributed by atoms with E-state index in [9.17, 15) is 4.79 Å². The van der Waals surface area contributed by atoms with E-state index in [0.29, 0.717) is 6.54 Å². The molecule has 4 rings (SSSR count). The number of carbonyl (C=O) groups is 1. The summed E-state index contributed by atoms with van der Waals surface area (Å²) in [5.74, 6) is 0.167. The molecule has 2 fully saturated rings. The number of hydrogen-bond acceptors (Lipinski definition) is 4. The van der Waals surface area contributed by atoms with Gasteiger partial charge in [-0.25, -0.2) is 5.43 Å². The van der Waals surface area contributed by atoms with E-state index in [1.54, 1.807) is 0 Å². The number of likely N-dealkylation sites (tertiary alicyclic amines) is 1. The number of piperidine rings is 1. The fourth-order valence-corrected chi connectivity index (χ4v) is 3.94.